The highest BCUT2D eigenvalue weighted by Gasteiger charge is 2.33. The quantitative estimate of drug-likeness (QED) is 0.749. The molecule has 1 heterocycles. The number of carboxylic acid groups (broad SMARTS) is 1. The van der Waals surface area contributed by atoms with E-state index in [1.807, 2.05) is 13.8 Å². The number of hydrogen-bond donors (Lipinski definition) is 2. The van der Waals surface area contributed by atoms with E-state index in [2.05, 4.69) is 0 Å². The van der Waals surface area contributed by atoms with Crippen LogP contribution in [0.4, 0.5) is 0 Å². The summed E-state index contributed by atoms with van der Waals surface area (Å²) >= 11 is 0. The van der Waals surface area contributed by atoms with E-state index in [9.17, 15) is 9.90 Å². The molecule has 0 radical (unpaired) electrons. The summed E-state index contributed by atoms with van der Waals surface area (Å²) in [5.74, 6) is -1.26. The van der Waals surface area contributed by atoms with Crippen molar-refractivity contribution in [2.75, 3.05) is 6.61 Å². The maximum absolute atomic E-state index is 10.7. The number of ether oxygens (including phenoxy) is 2. The molecule has 0 spiro atoms. The topological polar surface area (TPSA) is 76.0 Å². The van der Waals surface area contributed by atoms with Crippen LogP contribution in [0, 0.1) is 0 Å². The molecule has 0 bridgehead atoms. The van der Waals surface area contributed by atoms with Crippen molar-refractivity contribution in [1.82, 2.24) is 0 Å². The van der Waals surface area contributed by atoms with Crippen molar-refractivity contribution in [1.29, 1.82) is 0 Å². The third-order valence-corrected chi connectivity index (χ3v) is 2.72. The van der Waals surface area contributed by atoms with Crippen LogP contribution in [0.3, 0.4) is 0 Å². The van der Waals surface area contributed by atoms with Crippen LogP contribution < -0.4 is 0 Å². The molecule has 94 valence electrons. The van der Waals surface area contributed by atoms with E-state index in [1.165, 1.54) is 6.92 Å². The molecule has 1 aliphatic heterocycles. The van der Waals surface area contributed by atoms with Gasteiger partial charge in [-0.25, -0.2) is 4.79 Å². The zero-order valence-electron chi connectivity index (χ0n) is 9.97. The van der Waals surface area contributed by atoms with E-state index >= 15 is 0 Å². The van der Waals surface area contributed by atoms with Gasteiger partial charge in [0.25, 0.3) is 0 Å². The summed E-state index contributed by atoms with van der Waals surface area (Å²) in [6.07, 6.45) is 1.66. The van der Waals surface area contributed by atoms with Crippen LogP contribution in [0.2, 0.25) is 0 Å². The highest BCUT2D eigenvalue weighted by molar-refractivity contribution is 5.76. The second kappa shape index (κ2) is 5.12. The largest absolute Gasteiger partial charge is 0.479 e. The molecule has 16 heavy (non-hydrogen) atoms. The standard InChI is InChI=1S/C11H20O5/c1-7-4-9(5-8(2)16-7)15-6-11(3,14)10(12)13/h7-9,14H,4-6H2,1-3H3,(H,12,13). The van der Waals surface area contributed by atoms with Gasteiger partial charge >= 0.3 is 5.97 Å². The first-order valence-electron chi connectivity index (χ1n) is 5.54. The van der Waals surface area contributed by atoms with Gasteiger partial charge in [0.15, 0.2) is 5.60 Å². The first kappa shape index (κ1) is 13.4. The number of carbonyl (C=O) groups is 1. The molecule has 5 heteroatoms. The maximum atomic E-state index is 10.7. The molecule has 0 amide bonds. The molecule has 3 unspecified atom stereocenters. The lowest BCUT2D eigenvalue weighted by atomic mass is 10.0. The highest BCUT2D eigenvalue weighted by Crippen LogP contribution is 2.22. The van der Waals surface area contributed by atoms with Gasteiger partial charge in [-0.15, -0.1) is 0 Å². The van der Waals surface area contributed by atoms with Crippen molar-refractivity contribution in [3.05, 3.63) is 0 Å². The van der Waals surface area contributed by atoms with E-state index < -0.39 is 11.6 Å². The average Bonchev–Trinajstić information content (AvgIpc) is 2.13. The fourth-order valence-electron chi connectivity index (χ4n) is 1.82. The van der Waals surface area contributed by atoms with E-state index in [4.69, 9.17) is 14.6 Å². The summed E-state index contributed by atoms with van der Waals surface area (Å²) in [4.78, 5) is 10.7. The molecule has 0 aromatic carbocycles. The Hall–Kier alpha value is -0.650. The molecule has 1 fully saturated rings. The van der Waals surface area contributed by atoms with Gasteiger partial charge in [0.2, 0.25) is 0 Å². The second-order valence-corrected chi connectivity index (χ2v) is 4.74. The van der Waals surface area contributed by atoms with Crippen molar-refractivity contribution in [2.24, 2.45) is 0 Å². The molecular weight excluding hydrogens is 212 g/mol. The van der Waals surface area contributed by atoms with E-state index in [0.717, 1.165) is 12.8 Å². The fourth-order valence-corrected chi connectivity index (χ4v) is 1.82. The van der Waals surface area contributed by atoms with Gasteiger partial charge in [-0.2, -0.15) is 0 Å². The van der Waals surface area contributed by atoms with Crippen LogP contribution in [0.5, 0.6) is 0 Å². The van der Waals surface area contributed by atoms with Crippen LogP contribution in [0.25, 0.3) is 0 Å². The van der Waals surface area contributed by atoms with Crippen molar-refractivity contribution < 1.29 is 24.5 Å². The molecule has 0 aromatic heterocycles. The predicted molar refractivity (Wildman–Crippen MR) is 57.2 cm³/mol. The molecule has 1 aliphatic rings. The summed E-state index contributed by atoms with van der Waals surface area (Å²) < 4.78 is 11.0. The monoisotopic (exact) mass is 232 g/mol. The summed E-state index contributed by atoms with van der Waals surface area (Å²) in [6, 6.07) is 0. The van der Waals surface area contributed by atoms with Crippen molar-refractivity contribution >= 4 is 5.97 Å². The van der Waals surface area contributed by atoms with Crippen LogP contribution in [0.15, 0.2) is 0 Å². The van der Waals surface area contributed by atoms with Crippen LogP contribution >= 0.6 is 0 Å². The number of aliphatic carboxylic acids is 1. The molecule has 0 saturated carbocycles. The van der Waals surface area contributed by atoms with Gasteiger partial charge in [0.05, 0.1) is 24.9 Å². The van der Waals surface area contributed by atoms with Crippen molar-refractivity contribution in [3.8, 4) is 0 Å². The van der Waals surface area contributed by atoms with E-state index in [1.54, 1.807) is 0 Å². The fraction of sp³-hybridized carbons (Fsp3) is 0.909. The first-order valence-corrected chi connectivity index (χ1v) is 5.54. The minimum absolute atomic E-state index is 0.0374. The lowest BCUT2D eigenvalue weighted by molar-refractivity contribution is -0.170. The van der Waals surface area contributed by atoms with Crippen molar-refractivity contribution in [2.45, 2.75) is 57.5 Å². The molecule has 0 aliphatic carbocycles. The van der Waals surface area contributed by atoms with E-state index in [0.29, 0.717) is 0 Å². The van der Waals surface area contributed by atoms with Crippen LogP contribution in [0.1, 0.15) is 33.6 Å². The summed E-state index contributed by atoms with van der Waals surface area (Å²) in [7, 11) is 0. The lowest BCUT2D eigenvalue weighted by Gasteiger charge is -2.33. The van der Waals surface area contributed by atoms with Crippen LogP contribution in [-0.2, 0) is 14.3 Å². The summed E-state index contributed by atoms with van der Waals surface area (Å²) in [5.41, 5.74) is -1.81. The minimum atomic E-state index is -1.81. The van der Waals surface area contributed by atoms with Crippen molar-refractivity contribution in [3.63, 3.8) is 0 Å². The predicted octanol–water partition coefficient (Wildman–Crippen LogP) is 0.795. The van der Waals surface area contributed by atoms with Gasteiger partial charge in [-0.05, 0) is 33.6 Å². The Balaban J connectivity index is 2.40. The average molecular weight is 232 g/mol. The Morgan fingerprint density at radius 2 is 1.94 bits per heavy atom. The zero-order valence-corrected chi connectivity index (χ0v) is 9.97. The molecule has 2 N–H and O–H groups in total. The molecule has 1 rings (SSSR count). The molecular formula is C11H20O5. The Kier molecular flexibility index (Phi) is 4.29. The smallest absolute Gasteiger partial charge is 0.337 e. The number of rotatable bonds is 4. The van der Waals surface area contributed by atoms with Gasteiger partial charge in [0.1, 0.15) is 0 Å². The van der Waals surface area contributed by atoms with Gasteiger partial charge in [-0.1, -0.05) is 0 Å². The first-order chi connectivity index (χ1) is 7.31. The zero-order chi connectivity index (χ0) is 12.3. The van der Waals surface area contributed by atoms with E-state index in [-0.39, 0.29) is 24.9 Å². The summed E-state index contributed by atoms with van der Waals surface area (Å²) in [6.45, 7) is 4.97. The number of hydrogen-bond acceptors (Lipinski definition) is 4. The number of carboxylic acids is 1. The normalized spacial score (nSPS) is 34.4. The summed E-state index contributed by atoms with van der Waals surface area (Å²) in [5, 5.41) is 18.2. The molecule has 0 aromatic rings. The second-order valence-electron chi connectivity index (χ2n) is 4.74. The molecule has 1 saturated heterocycles. The lowest BCUT2D eigenvalue weighted by Crippen LogP contribution is -2.43. The van der Waals surface area contributed by atoms with Crippen LogP contribution in [-0.4, -0.2) is 46.7 Å². The van der Waals surface area contributed by atoms with Gasteiger partial charge < -0.3 is 19.7 Å². The Morgan fingerprint density at radius 3 is 2.38 bits per heavy atom. The Labute approximate surface area is 95.4 Å². The molecule has 5 nitrogen and oxygen atoms in total. The third kappa shape index (κ3) is 3.73. The Bertz CT molecular complexity index is 241. The van der Waals surface area contributed by atoms with Gasteiger partial charge in [-0.3, -0.25) is 0 Å². The Morgan fingerprint density at radius 1 is 1.44 bits per heavy atom. The SMILES string of the molecule is CC1CC(OCC(C)(O)C(=O)O)CC(C)O1. The maximum Gasteiger partial charge on any atom is 0.337 e. The molecule has 3 atom stereocenters. The minimum Gasteiger partial charge on any atom is -0.479 e. The highest BCUT2D eigenvalue weighted by atomic mass is 16.5. The third-order valence-electron chi connectivity index (χ3n) is 2.72. The number of aliphatic hydroxyl groups is 1. The van der Waals surface area contributed by atoms with Gasteiger partial charge in [0, 0.05) is 0 Å².